The number of carbonyl (C=O) groups excluding carboxylic acids is 1. The molecule has 0 bridgehead atoms. The molecule has 88 valence electrons. The van der Waals surface area contributed by atoms with Crippen molar-refractivity contribution in [2.45, 2.75) is 11.8 Å². The standard InChI is InChI=1S/C11H16N2O2S/c1-8(11(14)13-12)7-16-10-5-3-9(15-2)4-6-10/h3-6,8H,7,12H2,1-2H3,(H,13,14). The lowest BCUT2D eigenvalue weighted by Gasteiger charge is -2.09. The van der Waals surface area contributed by atoms with E-state index in [1.54, 1.807) is 18.9 Å². The number of benzene rings is 1. The molecule has 0 aliphatic heterocycles. The molecule has 0 heterocycles. The van der Waals surface area contributed by atoms with Crippen LogP contribution in [0.4, 0.5) is 0 Å². The number of nitrogens with one attached hydrogen (secondary N) is 1. The Balaban J connectivity index is 2.45. The van der Waals surface area contributed by atoms with E-state index in [1.807, 2.05) is 31.2 Å². The van der Waals surface area contributed by atoms with Gasteiger partial charge >= 0.3 is 0 Å². The first-order valence-electron chi connectivity index (χ1n) is 4.94. The van der Waals surface area contributed by atoms with Crippen molar-refractivity contribution in [2.75, 3.05) is 12.9 Å². The molecule has 0 radical (unpaired) electrons. The van der Waals surface area contributed by atoms with Gasteiger partial charge in [-0.1, -0.05) is 6.92 Å². The van der Waals surface area contributed by atoms with Gasteiger partial charge in [-0.25, -0.2) is 5.84 Å². The third-order valence-corrected chi connectivity index (χ3v) is 3.42. The predicted octanol–water partition coefficient (Wildman–Crippen LogP) is 1.41. The van der Waals surface area contributed by atoms with E-state index in [4.69, 9.17) is 10.6 Å². The van der Waals surface area contributed by atoms with Gasteiger partial charge in [0, 0.05) is 16.6 Å². The SMILES string of the molecule is COc1ccc(SCC(C)C(=O)NN)cc1. The van der Waals surface area contributed by atoms with E-state index < -0.39 is 0 Å². The zero-order valence-corrected chi connectivity index (χ0v) is 10.2. The van der Waals surface area contributed by atoms with Gasteiger partial charge in [0.05, 0.1) is 7.11 Å². The lowest BCUT2D eigenvalue weighted by molar-refractivity contribution is -0.123. The molecule has 0 spiro atoms. The van der Waals surface area contributed by atoms with E-state index in [2.05, 4.69) is 5.43 Å². The van der Waals surface area contributed by atoms with Gasteiger partial charge in [0.1, 0.15) is 5.75 Å². The largest absolute Gasteiger partial charge is 0.497 e. The zero-order chi connectivity index (χ0) is 12.0. The van der Waals surface area contributed by atoms with Gasteiger partial charge in [-0.05, 0) is 24.3 Å². The average Bonchev–Trinajstić information content (AvgIpc) is 2.35. The molecule has 5 heteroatoms. The third kappa shape index (κ3) is 3.75. The molecule has 0 aromatic heterocycles. The van der Waals surface area contributed by atoms with Gasteiger partial charge in [-0.15, -0.1) is 11.8 Å². The average molecular weight is 240 g/mol. The minimum absolute atomic E-state index is 0.0999. The highest BCUT2D eigenvalue weighted by atomic mass is 32.2. The van der Waals surface area contributed by atoms with Crippen molar-refractivity contribution in [3.8, 4) is 5.75 Å². The van der Waals surface area contributed by atoms with Crippen molar-refractivity contribution in [3.63, 3.8) is 0 Å². The van der Waals surface area contributed by atoms with Crippen LogP contribution in [0.2, 0.25) is 0 Å². The second kappa shape index (κ2) is 6.40. The number of nitrogens with two attached hydrogens (primary N) is 1. The van der Waals surface area contributed by atoms with Gasteiger partial charge < -0.3 is 4.74 Å². The first-order chi connectivity index (χ1) is 7.67. The van der Waals surface area contributed by atoms with E-state index >= 15 is 0 Å². The van der Waals surface area contributed by atoms with Crippen molar-refractivity contribution in [3.05, 3.63) is 24.3 Å². The lowest BCUT2D eigenvalue weighted by atomic mass is 10.2. The number of amides is 1. The van der Waals surface area contributed by atoms with Crippen LogP contribution in [0.15, 0.2) is 29.2 Å². The lowest BCUT2D eigenvalue weighted by Crippen LogP contribution is -2.35. The highest BCUT2D eigenvalue weighted by Gasteiger charge is 2.11. The number of hydrazine groups is 1. The van der Waals surface area contributed by atoms with Gasteiger partial charge in [-0.3, -0.25) is 10.2 Å². The minimum atomic E-state index is -0.138. The maximum absolute atomic E-state index is 11.2. The first kappa shape index (κ1) is 12.9. The number of methoxy groups -OCH3 is 1. The molecule has 0 aliphatic rings. The summed E-state index contributed by atoms with van der Waals surface area (Å²) in [5.41, 5.74) is 2.15. The van der Waals surface area contributed by atoms with Crippen LogP contribution in [0, 0.1) is 5.92 Å². The topological polar surface area (TPSA) is 64.3 Å². The molecule has 3 N–H and O–H groups in total. The molecule has 0 aliphatic carbocycles. The summed E-state index contributed by atoms with van der Waals surface area (Å²) >= 11 is 1.62. The second-order valence-electron chi connectivity index (χ2n) is 3.40. The normalized spacial score (nSPS) is 11.9. The number of hydrogen-bond acceptors (Lipinski definition) is 4. The Kier molecular flexibility index (Phi) is 5.14. The number of thioether (sulfide) groups is 1. The second-order valence-corrected chi connectivity index (χ2v) is 4.49. The summed E-state index contributed by atoms with van der Waals surface area (Å²) in [5, 5.41) is 0. The van der Waals surface area contributed by atoms with Crippen LogP contribution in [0.5, 0.6) is 5.75 Å². The minimum Gasteiger partial charge on any atom is -0.497 e. The van der Waals surface area contributed by atoms with Crippen LogP contribution in [0.25, 0.3) is 0 Å². The van der Waals surface area contributed by atoms with E-state index in [0.29, 0.717) is 5.75 Å². The van der Waals surface area contributed by atoms with Crippen LogP contribution in [-0.4, -0.2) is 18.8 Å². The summed E-state index contributed by atoms with van der Waals surface area (Å²) in [5.74, 6) is 6.35. The van der Waals surface area contributed by atoms with Crippen LogP contribution in [0.3, 0.4) is 0 Å². The van der Waals surface area contributed by atoms with Crippen molar-refractivity contribution in [1.29, 1.82) is 0 Å². The van der Waals surface area contributed by atoms with E-state index in [9.17, 15) is 4.79 Å². The maximum Gasteiger partial charge on any atom is 0.237 e. The summed E-state index contributed by atoms with van der Waals surface area (Å²) < 4.78 is 5.06. The molecule has 0 saturated carbocycles. The molecule has 1 amide bonds. The molecule has 16 heavy (non-hydrogen) atoms. The van der Waals surface area contributed by atoms with Gasteiger partial charge in [0.25, 0.3) is 0 Å². The van der Waals surface area contributed by atoms with Crippen LogP contribution >= 0.6 is 11.8 Å². The Morgan fingerprint density at radius 3 is 2.62 bits per heavy atom. The quantitative estimate of drug-likeness (QED) is 0.353. The highest BCUT2D eigenvalue weighted by molar-refractivity contribution is 7.99. The molecule has 1 unspecified atom stereocenters. The molecule has 1 rings (SSSR count). The van der Waals surface area contributed by atoms with E-state index in [0.717, 1.165) is 10.6 Å². The highest BCUT2D eigenvalue weighted by Crippen LogP contribution is 2.23. The summed E-state index contributed by atoms with van der Waals surface area (Å²) in [4.78, 5) is 12.3. The smallest absolute Gasteiger partial charge is 0.237 e. The summed E-state index contributed by atoms with van der Waals surface area (Å²) in [6.45, 7) is 1.85. The number of hydrogen-bond donors (Lipinski definition) is 2. The number of rotatable bonds is 5. The van der Waals surface area contributed by atoms with Crippen molar-refractivity contribution >= 4 is 17.7 Å². The van der Waals surface area contributed by atoms with E-state index in [1.165, 1.54) is 0 Å². The number of ether oxygens (including phenoxy) is 1. The first-order valence-corrected chi connectivity index (χ1v) is 5.93. The Hall–Kier alpha value is -1.20. The zero-order valence-electron chi connectivity index (χ0n) is 9.40. The molecular formula is C11H16N2O2S. The Morgan fingerprint density at radius 2 is 2.12 bits per heavy atom. The fourth-order valence-corrected chi connectivity index (χ4v) is 2.03. The monoisotopic (exact) mass is 240 g/mol. The maximum atomic E-state index is 11.2. The van der Waals surface area contributed by atoms with Crippen LogP contribution in [0.1, 0.15) is 6.92 Å². The molecule has 0 fully saturated rings. The Bertz CT molecular complexity index is 340. The molecule has 0 saturated heterocycles. The Labute approximate surface area is 99.5 Å². The van der Waals surface area contributed by atoms with E-state index in [-0.39, 0.29) is 11.8 Å². The molecule has 4 nitrogen and oxygen atoms in total. The van der Waals surface area contributed by atoms with Gasteiger partial charge in [-0.2, -0.15) is 0 Å². The molecule has 1 aromatic carbocycles. The fourth-order valence-electron chi connectivity index (χ4n) is 1.11. The summed E-state index contributed by atoms with van der Waals surface area (Å²) in [7, 11) is 1.63. The predicted molar refractivity (Wildman–Crippen MR) is 65.2 cm³/mol. The van der Waals surface area contributed by atoms with Crippen LogP contribution in [-0.2, 0) is 4.79 Å². The Morgan fingerprint density at radius 1 is 1.50 bits per heavy atom. The van der Waals surface area contributed by atoms with Gasteiger partial charge in [0.15, 0.2) is 0 Å². The third-order valence-electron chi connectivity index (χ3n) is 2.15. The summed E-state index contributed by atoms with van der Waals surface area (Å²) in [6, 6.07) is 7.74. The van der Waals surface area contributed by atoms with Crippen molar-refractivity contribution in [1.82, 2.24) is 5.43 Å². The number of carbonyl (C=O) groups is 1. The van der Waals surface area contributed by atoms with Crippen LogP contribution < -0.4 is 16.0 Å². The van der Waals surface area contributed by atoms with Crippen molar-refractivity contribution in [2.24, 2.45) is 11.8 Å². The fraction of sp³-hybridized carbons (Fsp3) is 0.364. The molecule has 1 aromatic rings. The van der Waals surface area contributed by atoms with Gasteiger partial charge in [0.2, 0.25) is 5.91 Å². The molecular weight excluding hydrogens is 224 g/mol. The summed E-state index contributed by atoms with van der Waals surface area (Å²) in [6.07, 6.45) is 0. The van der Waals surface area contributed by atoms with Crippen molar-refractivity contribution < 1.29 is 9.53 Å². The molecule has 1 atom stereocenters.